The number of amides is 1. The van der Waals surface area contributed by atoms with Crippen LogP contribution in [0.2, 0.25) is 0 Å². The Bertz CT molecular complexity index is 337. The van der Waals surface area contributed by atoms with E-state index in [9.17, 15) is 9.59 Å². The summed E-state index contributed by atoms with van der Waals surface area (Å²) in [7, 11) is 0. The molecule has 1 N–H and O–H groups in total. The van der Waals surface area contributed by atoms with Crippen LogP contribution < -0.4 is 5.32 Å². The lowest BCUT2D eigenvalue weighted by Crippen LogP contribution is -2.48. The molecule has 17 heavy (non-hydrogen) atoms. The quantitative estimate of drug-likeness (QED) is 0.761. The van der Waals surface area contributed by atoms with Crippen molar-refractivity contribution in [3.8, 4) is 0 Å². The first-order chi connectivity index (χ1) is 8.22. The van der Waals surface area contributed by atoms with Crippen LogP contribution in [0.5, 0.6) is 0 Å². The molecule has 3 fully saturated rings. The first-order valence-electron chi connectivity index (χ1n) is 6.98. The van der Waals surface area contributed by atoms with Crippen molar-refractivity contribution in [2.24, 2.45) is 17.3 Å². The average molecular weight is 235 g/mol. The van der Waals surface area contributed by atoms with E-state index in [0.717, 1.165) is 51.2 Å². The topological polar surface area (TPSA) is 46.2 Å². The summed E-state index contributed by atoms with van der Waals surface area (Å²) in [5.41, 5.74) is -0.199. The molecular weight excluding hydrogens is 214 g/mol. The fourth-order valence-corrected chi connectivity index (χ4v) is 3.85. The lowest BCUT2D eigenvalue weighted by molar-refractivity contribution is -0.139. The van der Waals surface area contributed by atoms with Gasteiger partial charge in [0.2, 0.25) is 5.91 Å². The van der Waals surface area contributed by atoms with Gasteiger partial charge in [-0.15, -0.1) is 0 Å². The Kier molecular flexibility index (Phi) is 2.72. The highest BCUT2D eigenvalue weighted by Gasteiger charge is 2.48. The predicted molar refractivity (Wildman–Crippen MR) is 64.3 cm³/mol. The van der Waals surface area contributed by atoms with Gasteiger partial charge in [0.05, 0.1) is 5.41 Å². The molecule has 0 aliphatic heterocycles. The van der Waals surface area contributed by atoms with Gasteiger partial charge < -0.3 is 10.1 Å². The molecule has 94 valence electrons. The molecule has 3 aliphatic carbocycles. The van der Waals surface area contributed by atoms with Gasteiger partial charge in [-0.1, -0.05) is 12.8 Å². The minimum Gasteiger partial charge on any atom is -0.353 e. The van der Waals surface area contributed by atoms with Crippen molar-refractivity contribution in [3.63, 3.8) is 0 Å². The van der Waals surface area contributed by atoms with Crippen molar-refractivity contribution in [2.45, 2.75) is 57.4 Å². The van der Waals surface area contributed by atoms with E-state index in [1.54, 1.807) is 0 Å². The van der Waals surface area contributed by atoms with Crippen molar-refractivity contribution >= 4 is 12.2 Å². The molecule has 3 saturated carbocycles. The minimum atomic E-state index is -0.199. The van der Waals surface area contributed by atoms with Crippen LogP contribution in [-0.4, -0.2) is 18.2 Å². The van der Waals surface area contributed by atoms with Crippen LogP contribution in [0.4, 0.5) is 0 Å². The van der Waals surface area contributed by atoms with Gasteiger partial charge in [0.15, 0.2) is 0 Å². The highest BCUT2D eigenvalue weighted by atomic mass is 16.2. The van der Waals surface area contributed by atoms with Crippen LogP contribution in [0.3, 0.4) is 0 Å². The fraction of sp³-hybridized carbons (Fsp3) is 0.857. The normalized spacial score (nSPS) is 40.7. The van der Waals surface area contributed by atoms with Gasteiger partial charge in [-0.3, -0.25) is 4.79 Å². The maximum absolute atomic E-state index is 12.4. The molecule has 3 unspecified atom stereocenters. The number of fused-ring (bicyclic) bond motifs is 2. The minimum absolute atomic E-state index is 0.124. The smallest absolute Gasteiger partial charge is 0.226 e. The highest BCUT2D eigenvalue weighted by molar-refractivity contribution is 5.84. The lowest BCUT2D eigenvalue weighted by Gasteiger charge is -2.46. The van der Waals surface area contributed by atoms with Gasteiger partial charge in [0, 0.05) is 12.0 Å². The molecule has 0 aromatic rings. The summed E-state index contributed by atoms with van der Waals surface area (Å²) in [6, 6.07) is 0.439. The zero-order valence-electron chi connectivity index (χ0n) is 10.3. The monoisotopic (exact) mass is 235 g/mol. The molecule has 0 radical (unpaired) electrons. The molecule has 0 heterocycles. The second-order valence-corrected chi connectivity index (χ2v) is 6.33. The number of aldehydes is 1. The van der Waals surface area contributed by atoms with Crippen LogP contribution in [-0.2, 0) is 9.59 Å². The van der Waals surface area contributed by atoms with Crippen LogP contribution in [0, 0.1) is 17.3 Å². The maximum Gasteiger partial charge on any atom is 0.226 e. The fourth-order valence-electron chi connectivity index (χ4n) is 3.85. The van der Waals surface area contributed by atoms with Crippen molar-refractivity contribution in [2.75, 3.05) is 0 Å². The summed E-state index contributed by atoms with van der Waals surface area (Å²) in [5, 5.41) is 3.16. The summed E-state index contributed by atoms with van der Waals surface area (Å²) in [5.74, 6) is 0.980. The zero-order valence-corrected chi connectivity index (χ0v) is 10.3. The second-order valence-electron chi connectivity index (χ2n) is 6.33. The molecular formula is C14H21NO2. The van der Waals surface area contributed by atoms with E-state index in [4.69, 9.17) is 0 Å². The Morgan fingerprint density at radius 1 is 1.24 bits per heavy atom. The number of carbonyl (C=O) groups excluding carboxylic acids is 2. The van der Waals surface area contributed by atoms with Crippen LogP contribution in [0.15, 0.2) is 0 Å². The van der Waals surface area contributed by atoms with Gasteiger partial charge >= 0.3 is 0 Å². The Hall–Kier alpha value is -0.860. The van der Waals surface area contributed by atoms with E-state index < -0.39 is 0 Å². The van der Waals surface area contributed by atoms with Gasteiger partial charge in [-0.2, -0.15) is 0 Å². The third kappa shape index (κ3) is 2.12. The zero-order chi connectivity index (χ0) is 11.9. The summed E-state index contributed by atoms with van der Waals surface area (Å²) in [6.07, 6.45) is 9.56. The number of hydrogen-bond donors (Lipinski definition) is 1. The molecule has 2 bridgehead atoms. The van der Waals surface area contributed by atoms with Crippen molar-refractivity contribution in [1.82, 2.24) is 5.32 Å². The molecule has 0 aromatic carbocycles. The lowest BCUT2D eigenvalue weighted by atomic mass is 9.58. The molecule has 3 heteroatoms. The SMILES string of the molecule is O=CC1CC2CCCC(C(=O)NC3CC3)(C1)C2. The van der Waals surface area contributed by atoms with Crippen LogP contribution in [0.25, 0.3) is 0 Å². The molecule has 0 saturated heterocycles. The Labute approximate surface area is 102 Å². The van der Waals surface area contributed by atoms with Crippen molar-refractivity contribution < 1.29 is 9.59 Å². The Morgan fingerprint density at radius 2 is 2.06 bits per heavy atom. The van der Waals surface area contributed by atoms with Gasteiger partial charge in [-0.25, -0.2) is 0 Å². The largest absolute Gasteiger partial charge is 0.353 e. The number of nitrogens with one attached hydrogen (secondary N) is 1. The van der Waals surface area contributed by atoms with Gasteiger partial charge in [0.1, 0.15) is 6.29 Å². The molecule has 3 atom stereocenters. The van der Waals surface area contributed by atoms with Crippen LogP contribution >= 0.6 is 0 Å². The first-order valence-corrected chi connectivity index (χ1v) is 6.98. The predicted octanol–water partition coefficient (Wildman–Crippen LogP) is 2.05. The van der Waals surface area contributed by atoms with Gasteiger partial charge in [0.25, 0.3) is 0 Å². The number of hydrogen-bond acceptors (Lipinski definition) is 2. The summed E-state index contributed by atoms with van der Waals surface area (Å²) < 4.78 is 0. The van der Waals surface area contributed by atoms with E-state index in [1.165, 1.54) is 6.42 Å². The Morgan fingerprint density at radius 3 is 2.76 bits per heavy atom. The number of rotatable bonds is 3. The summed E-state index contributed by atoms with van der Waals surface area (Å²) >= 11 is 0. The maximum atomic E-state index is 12.4. The first kappa shape index (κ1) is 11.2. The van der Waals surface area contributed by atoms with E-state index in [-0.39, 0.29) is 17.2 Å². The Balaban J connectivity index is 1.76. The molecule has 0 aromatic heterocycles. The standard InChI is InChI=1S/C14H21NO2/c16-9-11-6-10-2-1-5-14(7-10,8-11)13(17)15-12-3-4-12/h9-12H,1-8H2,(H,15,17). The summed E-state index contributed by atoms with van der Waals surface area (Å²) in [6.45, 7) is 0. The molecule has 3 aliphatic rings. The second kappa shape index (κ2) is 4.11. The third-order valence-electron chi connectivity index (χ3n) is 4.82. The highest BCUT2D eigenvalue weighted by Crippen LogP contribution is 2.51. The van der Waals surface area contributed by atoms with E-state index in [0.29, 0.717) is 12.0 Å². The van der Waals surface area contributed by atoms with E-state index in [1.807, 2.05) is 0 Å². The summed E-state index contributed by atoms with van der Waals surface area (Å²) in [4.78, 5) is 23.5. The van der Waals surface area contributed by atoms with E-state index >= 15 is 0 Å². The molecule has 3 rings (SSSR count). The van der Waals surface area contributed by atoms with E-state index in [2.05, 4.69) is 5.32 Å². The molecule has 1 amide bonds. The molecule has 0 spiro atoms. The third-order valence-corrected chi connectivity index (χ3v) is 4.82. The van der Waals surface area contributed by atoms with Crippen LogP contribution in [0.1, 0.15) is 51.4 Å². The van der Waals surface area contributed by atoms with Gasteiger partial charge in [-0.05, 0) is 44.4 Å². The van der Waals surface area contributed by atoms with Crippen molar-refractivity contribution in [1.29, 1.82) is 0 Å². The average Bonchev–Trinajstić information content (AvgIpc) is 3.12. The number of carbonyl (C=O) groups is 2. The van der Waals surface area contributed by atoms with Crippen molar-refractivity contribution in [3.05, 3.63) is 0 Å². The molecule has 3 nitrogen and oxygen atoms in total.